The summed E-state index contributed by atoms with van der Waals surface area (Å²) < 4.78 is 13.7. The fourth-order valence-electron chi connectivity index (χ4n) is 4.82. The van der Waals surface area contributed by atoms with E-state index in [2.05, 4.69) is 0 Å². The predicted octanol–water partition coefficient (Wildman–Crippen LogP) is 6.43. The monoisotopic (exact) mass is 411 g/mol. The van der Waals surface area contributed by atoms with Crippen LogP contribution in [0.4, 0.5) is 4.39 Å². The molecule has 1 aromatic carbocycles. The van der Waals surface area contributed by atoms with Crippen molar-refractivity contribution in [3.05, 3.63) is 51.8 Å². The third kappa shape index (κ3) is 3.25. The number of aliphatic carboxylic acids is 1. The summed E-state index contributed by atoms with van der Waals surface area (Å²) in [4.78, 5) is 19.7. The number of rotatable bonds is 5. The smallest absolute Gasteiger partial charge is 0.313 e. The van der Waals surface area contributed by atoms with Crippen molar-refractivity contribution in [2.24, 2.45) is 0 Å². The van der Waals surface area contributed by atoms with Gasteiger partial charge in [-0.1, -0.05) is 25.5 Å². The molecule has 5 heteroatoms. The van der Waals surface area contributed by atoms with Crippen LogP contribution in [-0.4, -0.2) is 16.1 Å². The van der Waals surface area contributed by atoms with Crippen LogP contribution in [0.1, 0.15) is 61.2 Å². The third-order valence-electron chi connectivity index (χ3n) is 6.19. The molecule has 3 nitrogen and oxygen atoms in total. The number of nitrogens with zero attached hydrogens (tertiary/aromatic N) is 1. The number of aryl methyl sites for hydroxylation is 3. The summed E-state index contributed by atoms with van der Waals surface area (Å²) in [7, 11) is 0. The largest absolute Gasteiger partial charge is 0.481 e. The highest BCUT2D eigenvalue weighted by molar-refractivity contribution is 7.19. The summed E-state index contributed by atoms with van der Waals surface area (Å²) >= 11 is 1.73. The summed E-state index contributed by atoms with van der Waals surface area (Å²) in [5, 5.41) is 11.3. The normalized spacial score (nSPS) is 15.9. The van der Waals surface area contributed by atoms with Gasteiger partial charge in [-0.3, -0.25) is 4.79 Å². The SMILES string of the molecule is CCCC(C)(C(=O)O)c1c(C)nc2sc3c(c2c1-c1ccc(F)cc1)CCCC3. The Bertz CT molecular complexity index is 1090. The number of carboxylic acid groups (broad SMARTS) is 1. The summed E-state index contributed by atoms with van der Waals surface area (Å²) in [6, 6.07) is 6.46. The van der Waals surface area contributed by atoms with Gasteiger partial charge in [0.05, 0.1) is 5.41 Å². The molecule has 0 aliphatic heterocycles. The van der Waals surface area contributed by atoms with Gasteiger partial charge in [0, 0.05) is 16.0 Å². The van der Waals surface area contributed by atoms with Crippen LogP contribution in [0.25, 0.3) is 21.3 Å². The fraction of sp³-hybridized carbons (Fsp3) is 0.417. The molecule has 0 fully saturated rings. The lowest BCUT2D eigenvalue weighted by Gasteiger charge is -2.30. The minimum Gasteiger partial charge on any atom is -0.481 e. The van der Waals surface area contributed by atoms with Crippen LogP contribution in [0.3, 0.4) is 0 Å². The maximum absolute atomic E-state index is 13.7. The van der Waals surface area contributed by atoms with Crippen LogP contribution < -0.4 is 0 Å². The van der Waals surface area contributed by atoms with E-state index in [0.717, 1.165) is 58.3 Å². The Morgan fingerprint density at radius 2 is 1.93 bits per heavy atom. The first kappa shape index (κ1) is 20.0. The molecule has 4 rings (SSSR count). The molecule has 0 bridgehead atoms. The van der Waals surface area contributed by atoms with E-state index in [0.29, 0.717) is 6.42 Å². The molecule has 0 radical (unpaired) electrons. The molecule has 0 spiro atoms. The Morgan fingerprint density at radius 3 is 2.59 bits per heavy atom. The number of thiophene rings is 1. The van der Waals surface area contributed by atoms with E-state index in [1.165, 1.54) is 29.0 Å². The Balaban J connectivity index is 2.15. The van der Waals surface area contributed by atoms with E-state index in [1.807, 2.05) is 13.8 Å². The minimum absolute atomic E-state index is 0.292. The number of carbonyl (C=O) groups is 1. The summed E-state index contributed by atoms with van der Waals surface area (Å²) in [5.41, 5.74) is 3.60. The number of carboxylic acids is 1. The molecule has 0 saturated carbocycles. The highest BCUT2D eigenvalue weighted by atomic mass is 32.1. The lowest BCUT2D eigenvalue weighted by molar-refractivity contribution is -0.143. The molecule has 1 atom stereocenters. The number of halogens is 1. The van der Waals surface area contributed by atoms with Gasteiger partial charge in [0.25, 0.3) is 0 Å². The average molecular weight is 412 g/mol. The van der Waals surface area contributed by atoms with E-state index in [9.17, 15) is 14.3 Å². The van der Waals surface area contributed by atoms with E-state index < -0.39 is 11.4 Å². The zero-order chi connectivity index (χ0) is 20.8. The predicted molar refractivity (Wildman–Crippen MR) is 116 cm³/mol. The molecule has 2 aromatic heterocycles. The van der Waals surface area contributed by atoms with Gasteiger partial charge in [0.2, 0.25) is 0 Å². The van der Waals surface area contributed by atoms with Gasteiger partial charge in [-0.25, -0.2) is 9.37 Å². The molecular formula is C24H26FNO2S. The topological polar surface area (TPSA) is 50.2 Å². The first-order valence-corrected chi connectivity index (χ1v) is 11.1. The molecule has 0 saturated heterocycles. The molecule has 29 heavy (non-hydrogen) atoms. The van der Waals surface area contributed by atoms with Crippen molar-refractivity contribution in [2.75, 3.05) is 0 Å². The first-order valence-electron chi connectivity index (χ1n) is 10.3. The van der Waals surface area contributed by atoms with E-state index in [1.54, 1.807) is 30.4 Å². The van der Waals surface area contributed by atoms with Crippen LogP contribution in [0.15, 0.2) is 24.3 Å². The number of pyridine rings is 1. The highest BCUT2D eigenvalue weighted by Gasteiger charge is 2.40. The van der Waals surface area contributed by atoms with Crippen LogP contribution >= 0.6 is 11.3 Å². The zero-order valence-corrected chi connectivity index (χ0v) is 18.0. The van der Waals surface area contributed by atoms with Gasteiger partial charge in [0.15, 0.2) is 0 Å². The highest BCUT2D eigenvalue weighted by Crippen LogP contribution is 2.47. The number of hydrogen-bond donors (Lipinski definition) is 1. The van der Waals surface area contributed by atoms with E-state index >= 15 is 0 Å². The first-order chi connectivity index (χ1) is 13.9. The van der Waals surface area contributed by atoms with Crippen LogP contribution in [0.5, 0.6) is 0 Å². The van der Waals surface area contributed by atoms with Gasteiger partial charge in [0.1, 0.15) is 10.6 Å². The lowest BCUT2D eigenvalue weighted by Crippen LogP contribution is -2.34. The Labute approximate surface area is 174 Å². The maximum Gasteiger partial charge on any atom is 0.313 e. The lowest BCUT2D eigenvalue weighted by atomic mass is 9.73. The Morgan fingerprint density at radius 1 is 1.24 bits per heavy atom. The molecule has 2 heterocycles. The molecule has 152 valence electrons. The molecule has 0 amide bonds. The van der Waals surface area contributed by atoms with Crippen molar-refractivity contribution in [3.8, 4) is 11.1 Å². The maximum atomic E-state index is 13.7. The van der Waals surface area contributed by atoms with Crippen molar-refractivity contribution in [1.82, 2.24) is 4.98 Å². The van der Waals surface area contributed by atoms with Gasteiger partial charge in [-0.05, 0) is 80.3 Å². The molecule has 1 unspecified atom stereocenters. The number of fused-ring (bicyclic) bond motifs is 3. The average Bonchev–Trinajstić information content (AvgIpc) is 3.05. The molecule has 3 aromatic rings. The molecule has 1 aliphatic rings. The van der Waals surface area contributed by atoms with Gasteiger partial charge >= 0.3 is 5.97 Å². The number of aromatic nitrogens is 1. The van der Waals surface area contributed by atoms with Crippen molar-refractivity contribution >= 4 is 27.5 Å². The van der Waals surface area contributed by atoms with Crippen molar-refractivity contribution < 1.29 is 14.3 Å². The summed E-state index contributed by atoms with van der Waals surface area (Å²) in [6.07, 6.45) is 5.64. The van der Waals surface area contributed by atoms with E-state index in [-0.39, 0.29) is 5.82 Å². The van der Waals surface area contributed by atoms with Crippen molar-refractivity contribution in [1.29, 1.82) is 0 Å². The number of hydrogen-bond acceptors (Lipinski definition) is 3. The molecule has 1 N–H and O–H groups in total. The molecular weight excluding hydrogens is 385 g/mol. The second kappa shape index (κ2) is 7.52. The minimum atomic E-state index is -1.05. The van der Waals surface area contributed by atoms with Gasteiger partial charge in [-0.2, -0.15) is 0 Å². The van der Waals surface area contributed by atoms with Crippen LogP contribution in [0, 0.1) is 12.7 Å². The standard InChI is InChI=1S/C24H26FNO2S/c1-4-13-24(3,23(27)28)21-14(2)26-22-20(17-7-5-6-8-18(17)29-22)19(21)15-9-11-16(25)12-10-15/h9-12H,4-8,13H2,1-3H3,(H,27,28). The van der Waals surface area contributed by atoms with E-state index in [4.69, 9.17) is 4.98 Å². The van der Waals surface area contributed by atoms with Gasteiger partial charge < -0.3 is 5.11 Å². The second-order valence-electron chi connectivity index (χ2n) is 8.23. The van der Waals surface area contributed by atoms with Crippen LogP contribution in [0.2, 0.25) is 0 Å². The fourth-order valence-corrected chi connectivity index (χ4v) is 6.14. The molecule has 1 aliphatic carbocycles. The Kier molecular flexibility index (Phi) is 5.19. The Hall–Kier alpha value is -2.27. The van der Waals surface area contributed by atoms with Crippen LogP contribution in [-0.2, 0) is 23.1 Å². The van der Waals surface area contributed by atoms with Gasteiger partial charge in [-0.15, -0.1) is 11.3 Å². The van der Waals surface area contributed by atoms with Crippen molar-refractivity contribution in [3.63, 3.8) is 0 Å². The van der Waals surface area contributed by atoms with Crippen molar-refractivity contribution in [2.45, 2.75) is 64.7 Å². The number of benzene rings is 1. The third-order valence-corrected chi connectivity index (χ3v) is 7.38. The quantitative estimate of drug-likeness (QED) is 0.526. The second-order valence-corrected chi connectivity index (χ2v) is 9.32. The summed E-state index contributed by atoms with van der Waals surface area (Å²) in [6.45, 7) is 5.73. The summed E-state index contributed by atoms with van der Waals surface area (Å²) in [5.74, 6) is -1.13. The zero-order valence-electron chi connectivity index (χ0n) is 17.1.